The lowest BCUT2D eigenvalue weighted by Crippen LogP contribution is -2.63. The summed E-state index contributed by atoms with van der Waals surface area (Å²) in [6.07, 6.45) is -5.57. The van der Waals surface area contributed by atoms with Crippen molar-refractivity contribution in [3.05, 3.63) is 86.9 Å². The SMILES string of the molecule is CCN(Cc1ccccc1)Cc1cc(O)c2c(c1C(F)(F)F)C[C@H]1C[C@H]3[C@H](N(C)C)C(O)=C(C(N)=O)C(=N)[C@@]3(O)C(O)=C1C2=O. The number of hydrogen-bond donors (Lipinski definition) is 6. The second-order valence-electron chi connectivity index (χ2n) is 12.1. The van der Waals surface area contributed by atoms with E-state index in [1.807, 2.05) is 30.3 Å². The van der Waals surface area contributed by atoms with Crippen LogP contribution in [0.15, 0.2) is 59.1 Å². The first-order chi connectivity index (χ1) is 21.0. The number of benzene rings is 2. The van der Waals surface area contributed by atoms with Crippen molar-refractivity contribution in [2.45, 2.75) is 50.7 Å². The minimum Gasteiger partial charge on any atom is -0.510 e. The molecule has 0 heterocycles. The van der Waals surface area contributed by atoms with Crippen LogP contribution < -0.4 is 5.73 Å². The summed E-state index contributed by atoms with van der Waals surface area (Å²) in [5, 5.41) is 53.8. The Morgan fingerprint density at radius 2 is 1.78 bits per heavy atom. The summed E-state index contributed by atoms with van der Waals surface area (Å²) in [5.74, 6) is -7.02. The molecule has 0 aliphatic heterocycles. The van der Waals surface area contributed by atoms with Crippen molar-refractivity contribution in [2.75, 3.05) is 20.6 Å². The maximum atomic E-state index is 14.9. The number of phenols is 1. The van der Waals surface area contributed by atoms with Crippen molar-refractivity contribution in [1.82, 2.24) is 9.80 Å². The van der Waals surface area contributed by atoms with Crippen molar-refractivity contribution < 1.29 is 43.2 Å². The van der Waals surface area contributed by atoms with Crippen molar-refractivity contribution in [3.63, 3.8) is 0 Å². The zero-order valence-corrected chi connectivity index (χ0v) is 24.9. The third-order valence-corrected chi connectivity index (χ3v) is 9.24. The number of nitrogens with two attached hydrogens (primary N) is 1. The Balaban J connectivity index is 1.66. The Hall–Kier alpha value is -4.20. The fourth-order valence-corrected chi connectivity index (χ4v) is 7.28. The molecule has 2 aromatic rings. The smallest absolute Gasteiger partial charge is 0.417 e. The first-order valence-electron chi connectivity index (χ1n) is 14.4. The molecule has 0 radical (unpaired) electrons. The van der Waals surface area contributed by atoms with E-state index in [0.717, 1.165) is 11.6 Å². The van der Waals surface area contributed by atoms with E-state index in [0.29, 0.717) is 13.1 Å². The van der Waals surface area contributed by atoms with Gasteiger partial charge in [0.05, 0.1) is 22.9 Å². The van der Waals surface area contributed by atoms with Crippen LogP contribution in [0.4, 0.5) is 13.2 Å². The second-order valence-corrected chi connectivity index (χ2v) is 12.1. The maximum Gasteiger partial charge on any atom is 0.417 e. The molecule has 3 aliphatic carbocycles. The van der Waals surface area contributed by atoms with Crippen LogP contribution in [-0.4, -0.2) is 79.9 Å². The number of alkyl halides is 3. The quantitative estimate of drug-likeness (QED) is 0.270. The fraction of sp³-hybridized carbons (Fsp3) is 0.406. The van der Waals surface area contributed by atoms with E-state index in [-0.39, 0.29) is 18.5 Å². The number of halogens is 3. The summed E-state index contributed by atoms with van der Waals surface area (Å²) in [6, 6.07) is 8.93. The summed E-state index contributed by atoms with van der Waals surface area (Å²) < 4.78 is 44.6. The van der Waals surface area contributed by atoms with E-state index in [1.54, 1.807) is 11.8 Å². The summed E-state index contributed by atoms with van der Waals surface area (Å²) in [5.41, 5.74) is -0.812. The molecular weight excluding hydrogens is 593 g/mol. The van der Waals surface area contributed by atoms with Crippen molar-refractivity contribution >= 4 is 17.4 Å². The highest BCUT2D eigenvalue weighted by Gasteiger charge is 2.61. The van der Waals surface area contributed by atoms with Gasteiger partial charge in [0.1, 0.15) is 22.8 Å². The normalized spacial score (nSPS) is 25.0. The molecule has 0 bridgehead atoms. The number of carbonyl (C=O) groups is 2. The van der Waals surface area contributed by atoms with Gasteiger partial charge in [-0.25, -0.2) is 0 Å². The molecule has 0 aromatic heterocycles. The summed E-state index contributed by atoms with van der Waals surface area (Å²) >= 11 is 0. The zero-order valence-electron chi connectivity index (χ0n) is 24.9. The molecule has 0 saturated heterocycles. The van der Waals surface area contributed by atoms with Gasteiger partial charge in [-0.3, -0.25) is 19.4 Å². The van der Waals surface area contributed by atoms with Crippen LogP contribution in [-0.2, 0) is 30.5 Å². The number of ketones is 1. The van der Waals surface area contributed by atoms with Gasteiger partial charge in [0.15, 0.2) is 11.4 Å². The third kappa shape index (κ3) is 5.08. The van der Waals surface area contributed by atoms with E-state index in [4.69, 9.17) is 11.1 Å². The molecule has 0 fully saturated rings. The number of rotatable bonds is 7. The monoisotopic (exact) mass is 628 g/mol. The summed E-state index contributed by atoms with van der Waals surface area (Å²) in [7, 11) is 3.01. The van der Waals surface area contributed by atoms with Gasteiger partial charge in [-0.2, -0.15) is 13.2 Å². The van der Waals surface area contributed by atoms with Crippen LogP contribution in [0.1, 0.15) is 46.0 Å². The molecule has 0 saturated carbocycles. The largest absolute Gasteiger partial charge is 0.510 e. The highest BCUT2D eigenvalue weighted by atomic mass is 19.4. The van der Waals surface area contributed by atoms with Crippen LogP contribution >= 0.6 is 0 Å². The number of phenolic OH excluding ortho intramolecular Hbond substituents is 1. The Morgan fingerprint density at radius 1 is 1.13 bits per heavy atom. The molecule has 5 rings (SSSR count). The molecule has 0 unspecified atom stereocenters. The second kappa shape index (κ2) is 11.3. The number of nitrogens with zero attached hydrogens (tertiary/aromatic N) is 2. The van der Waals surface area contributed by atoms with Gasteiger partial charge in [-0.15, -0.1) is 0 Å². The molecule has 10 nitrogen and oxygen atoms in total. The molecule has 240 valence electrons. The number of primary amides is 1. The third-order valence-electron chi connectivity index (χ3n) is 9.24. The molecule has 7 N–H and O–H groups in total. The number of allylic oxidation sites excluding steroid dienone is 1. The maximum absolute atomic E-state index is 14.9. The van der Waals surface area contributed by atoms with E-state index in [1.165, 1.54) is 19.0 Å². The van der Waals surface area contributed by atoms with Crippen LogP contribution in [0, 0.1) is 17.2 Å². The predicted molar refractivity (Wildman–Crippen MR) is 158 cm³/mol. The number of aromatic hydroxyl groups is 1. The van der Waals surface area contributed by atoms with Gasteiger partial charge < -0.3 is 31.6 Å². The first-order valence-corrected chi connectivity index (χ1v) is 14.4. The molecule has 1 amide bonds. The van der Waals surface area contributed by atoms with Gasteiger partial charge in [0, 0.05) is 24.6 Å². The number of aliphatic hydroxyl groups is 3. The average molecular weight is 629 g/mol. The lowest BCUT2D eigenvalue weighted by molar-refractivity contribution is -0.139. The number of aliphatic hydroxyl groups excluding tert-OH is 2. The molecule has 45 heavy (non-hydrogen) atoms. The molecule has 13 heteroatoms. The lowest BCUT2D eigenvalue weighted by Gasteiger charge is -2.51. The van der Waals surface area contributed by atoms with Gasteiger partial charge in [0.2, 0.25) is 0 Å². The topological polar surface area (TPSA) is 171 Å². The van der Waals surface area contributed by atoms with Crippen molar-refractivity contribution in [2.24, 2.45) is 17.6 Å². The molecule has 2 aromatic carbocycles. The van der Waals surface area contributed by atoms with Crippen LogP contribution in [0.5, 0.6) is 5.75 Å². The lowest BCUT2D eigenvalue weighted by atomic mass is 9.58. The van der Waals surface area contributed by atoms with Crippen molar-refractivity contribution in [1.29, 1.82) is 5.41 Å². The van der Waals surface area contributed by atoms with Gasteiger partial charge >= 0.3 is 6.18 Å². The molecule has 0 spiro atoms. The van der Waals surface area contributed by atoms with E-state index < -0.39 is 98.6 Å². The fourth-order valence-electron chi connectivity index (χ4n) is 7.28. The molecule has 3 aliphatic rings. The molecular formula is C32H35F3N4O6. The number of hydrogen-bond acceptors (Lipinski definition) is 9. The number of carbonyl (C=O) groups excluding carboxylic acids is 2. The molecule has 4 atom stereocenters. The standard InChI is InChI=1S/C32H35F3N4O6/c1-4-39(13-15-8-6-5-7-9-15)14-17-12-20(40)22-18(24(17)32(33,34)35)10-16-11-19-25(38(2)3)27(42)23(30(37)44)28(36)31(19,45)29(43)21(16)26(22)41/h5-9,12,16,19,25,36,40,42-43,45H,4,10-11,13-14H2,1-3H3,(H2,37,44)/t16-,19-,25-,31+/m0/s1. The van der Waals surface area contributed by atoms with Crippen LogP contribution in [0.2, 0.25) is 0 Å². The van der Waals surface area contributed by atoms with Crippen molar-refractivity contribution in [3.8, 4) is 5.75 Å². The first kappa shape index (κ1) is 32.2. The van der Waals surface area contributed by atoms with E-state index >= 15 is 0 Å². The van der Waals surface area contributed by atoms with Gasteiger partial charge in [-0.1, -0.05) is 37.3 Å². The average Bonchev–Trinajstić information content (AvgIpc) is 2.94. The summed E-state index contributed by atoms with van der Waals surface area (Å²) in [6.45, 7) is 2.37. The Labute approximate surface area is 257 Å². The minimum absolute atomic E-state index is 0.176. The number of likely N-dealkylation sites (N-methyl/N-ethyl adjacent to an activating group) is 1. The highest BCUT2D eigenvalue weighted by Crippen LogP contribution is 2.54. The Bertz CT molecular complexity index is 1650. The number of nitrogens with one attached hydrogen (secondary N) is 1. The minimum atomic E-state index is -4.91. The van der Waals surface area contributed by atoms with Gasteiger partial charge in [-0.05, 0) is 62.2 Å². The summed E-state index contributed by atoms with van der Waals surface area (Å²) in [4.78, 5) is 29.3. The highest BCUT2D eigenvalue weighted by molar-refractivity contribution is 6.26. The number of Topliss-reactive ketones (excluding diaryl/α,β-unsaturated/α-hetero) is 1. The zero-order chi connectivity index (χ0) is 33.2. The number of amides is 1. The van der Waals surface area contributed by atoms with Crippen LogP contribution in [0.25, 0.3) is 0 Å². The van der Waals surface area contributed by atoms with E-state index in [9.17, 15) is 43.2 Å². The van der Waals surface area contributed by atoms with Gasteiger partial charge in [0.25, 0.3) is 5.91 Å². The Kier molecular flexibility index (Phi) is 8.09. The Morgan fingerprint density at radius 3 is 2.33 bits per heavy atom. The van der Waals surface area contributed by atoms with E-state index in [2.05, 4.69) is 0 Å². The predicted octanol–water partition coefficient (Wildman–Crippen LogP) is 3.61. The van der Waals surface area contributed by atoms with Crippen LogP contribution in [0.3, 0.4) is 0 Å². The number of fused-ring (bicyclic) bond motifs is 3.